The quantitative estimate of drug-likeness (QED) is 0.590. The maximum atomic E-state index is 12.5. The third-order valence-electron chi connectivity index (χ3n) is 4.53. The van der Waals surface area contributed by atoms with Crippen molar-refractivity contribution in [3.05, 3.63) is 58.1 Å². The molecule has 0 aliphatic heterocycles. The van der Waals surface area contributed by atoms with Crippen LogP contribution in [0.15, 0.2) is 41.3 Å². The molecule has 106 valence electrons. The lowest BCUT2D eigenvalue weighted by Gasteiger charge is -2.17. The van der Waals surface area contributed by atoms with Crippen molar-refractivity contribution in [2.45, 2.75) is 38.5 Å². The third kappa shape index (κ3) is 2.04. The second-order valence-corrected chi connectivity index (χ2v) is 5.85. The molecule has 0 spiro atoms. The van der Waals surface area contributed by atoms with Gasteiger partial charge < -0.3 is 4.40 Å². The smallest absolute Gasteiger partial charge is 0.276 e. The van der Waals surface area contributed by atoms with Crippen LogP contribution in [0.3, 0.4) is 0 Å². The third-order valence-corrected chi connectivity index (χ3v) is 4.53. The number of rotatable bonds is 0. The predicted octanol–water partition coefficient (Wildman–Crippen LogP) is 3.51. The Balaban J connectivity index is 2.10. The van der Waals surface area contributed by atoms with Crippen LogP contribution in [0.1, 0.15) is 36.9 Å². The number of hydrogen-bond acceptors (Lipinski definition) is 2. The van der Waals surface area contributed by atoms with E-state index >= 15 is 0 Å². The number of aryl methyl sites for hydroxylation is 1. The molecule has 0 saturated heterocycles. The summed E-state index contributed by atoms with van der Waals surface area (Å²) >= 11 is 0. The van der Waals surface area contributed by atoms with Gasteiger partial charge in [0, 0.05) is 22.8 Å². The van der Waals surface area contributed by atoms with Crippen molar-refractivity contribution in [1.82, 2.24) is 9.38 Å². The normalized spacial score (nSPS) is 15.6. The predicted molar refractivity (Wildman–Crippen MR) is 84.8 cm³/mol. The number of fused-ring (bicyclic) bond motifs is 5. The minimum absolute atomic E-state index is 0.0248. The molecule has 21 heavy (non-hydrogen) atoms. The summed E-state index contributed by atoms with van der Waals surface area (Å²) in [4.78, 5) is 16.9. The Morgan fingerprint density at radius 3 is 2.67 bits per heavy atom. The van der Waals surface area contributed by atoms with Gasteiger partial charge in [0.15, 0.2) is 0 Å². The molecule has 3 heteroatoms. The van der Waals surface area contributed by atoms with E-state index in [0.29, 0.717) is 0 Å². The van der Waals surface area contributed by atoms with Crippen molar-refractivity contribution in [2.24, 2.45) is 0 Å². The Morgan fingerprint density at radius 2 is 1.76 bits per heavy atom. The van der Waals surface area contributed by atoms with E-state index in [0.717, 1.165) is 47.7 Å². The summed E-state index contributed by atoms with van der Waals surface area (Å²) in [7, 11) is 0. The largest absolute Gasteiger partial charge is 0.305 e. The van der Waals surface area contributed by atoms with Crippen LogP contribution in [0.2, 0.25) is 0 Å². The summed E-state index contributed by atoms with van der Waals surface area (Å²) in [5.41, 5.74) is 2.89. The van der Waals surface area contributed by atoms with Crippen molar-refractivity contribution < 1.29 is 0 Å². The molecule has 3 nitrogen and oxygen atoms in total. The Bertz CT molecular complexity index is 879. The summed E-state index contributed by atoms with van der Waals surface area (Å²) < 4.78 is 2.14. The van der Waals surface area contributed by atoms with Gasteiger partial charge in [0.05, 0.1) is 0 Å². The molecule has 1 aromatic carbocycles. The molecule has 0 N–H and O–H groups in total. The number of nitrogens with zero attached hydrogens (tertiary/aromatic N) is 2. The van der Waals surface area contributed by atoms with E-state index in [1.807, 2.05) is 18.2 Å². The molecular formula is C18H18N2O. The molecule has 0 unspecified atom stereocenters. The van der Waals surface area contributed by atoms with E-state index in [9.17, 15) is 4.79 Å². The van der Waals surface area contributed by atoms with Gasteiger partial charge in [0.25, 0.3) is 5.56 Å². The van der Waals surface area contributed by atoms with Gasteiger partial charge in [0.1, 0.15) is 5.65 Å². The lowest BCUT2D eigenvalue weighted by atomic mass is 9.97. The molecule has 0 radical (unpaired) electrons. The lowest BCUT2D eigenvalue weighted by molar-refractivity contribution is 0.600. The molecule has 4 rings (SSSR count). The van der Waals surface area contributed by atoms with E-state index in [-0.39, 0.29) is 5.56 Å². The molecule has 1 aliphatic carbocycles. The summed E-state index contributed by atoms with van der Waals surface area (Å²) in [6.45, 7) is 0. The van der Waals surface area contributed by atoms with Crippen LogP contribution in [0.5, 0.6) is 0 Å². The van der Waals surface area contributed by atoms with E-state index in [1.165, 1.54) is 18.5 Å². The van der Waals surface area contributed by atoms with Crippen molar-refractivity contribution >= 4 is 16.4 Å². The van der Waals surface area contributed by atoms with E-state index < -0.39 is 0 Å². The maximum Gasteiger partial charge on any atom is 0.276 e. The highest BCUT2D eigenvalue weighted by atomic mass is 16.1. The zero-order chi connectivity index (χ0) is 14.2. The molecule has 0 fully saturated rings. The standard InChI is InChI=1S/C18H18N2O/c21-18-15-9-3-1-2-4-10-16(15)20-12-11-13-7-5-6-8-14(13)17(20)19-18/h5-8,11-12H,1-4,9-10H2. The zero-order valence-electron chi connectivity index (χ0n) is 12.0. The average molecular weight is 278 g/mol. The van der Waals surface area contributed by atoms with E-state index in [4.69, 9.17) is 0 Å². The molecule has 3 aromatic rings. The zero-order valence-corrected chi connectivity index (χ0v) is 12.0. The van der Waals surface area contributed by atoms with Crippen molar-refractivity contribution in [2.75, 3.05) is 0 Å². The van der Waals surface area contributed by atoms with Crippen LogP contribution in [-0.2, 0) is 12.8 Å². The second kappa shape index (κ2) is 4.99. The lowest BCUT2D eigenvalue weighted by Crippen LogP contribution is -2.21. The Kier molecular flexibility index (Phi) is 2.99. The Hall–Kier alpha value is -2.16. The van der Waals surface area contributed by atoms with Gasteiger partial charge in [-0.15, -0.1) is 0 Å². The average Bonchev–Trinajstić information content (AvgIpc) is 2.47. The molecule has 0 atom stereocenters. The van der Waals surface area contributed by atoms with Gasteiger partial charge in [0.2, 0.25) is 0 Å². The van der Waals surface area contributed by atoms with Crippen molar-refractivity contribution in [3.8, 4) is 0 Å². The molecule has 2 aromatic heterocycles. The van der Waals surface area contributed by atoms with Gasteiger partial charge in [-0.3, -0.25) is 4.79 Å². The monoisotopic (exact) mass is 278 g/mol. The second-order valence-electron chi connectivity index (χ2n) is 5.85. The number of benzene rings is 1. The minimum Gasteiger partial charge on any atom is -0.305 e. The fraction of sp³-hybridized carbons (Fsp3) is 0.333. The van der Waals surface area contributed by atoms with Gasteiger partial charge in [-0.2, -0.15) is 4.98 Å². The van der Waals surface area contributed by atoms with E-state index in [2.05, 4.69) is 27.7 Å². The minimum atomic E-state index is -0.0248. The summed E-state index contributed by atoms with van der Waals surface area (Å²) in [5.74, 6) is 0. The molecule has 1 aliphatic rings. The summed E-state index contributed by atoms with van der Waals surface area (Å²) in [5, 5.41) is 2.19. The van der Waals surface area contributed by atoms with Crippen molar-refractivity contribution in [3.63, 3.8) is 0 Å². The van der Waals surface area contributed by atoms with Crippen LogP contribution in [0.25, 0.3) is 16.4 Å². The highest BCUT2D eigenvalue weighted by molar-refractivity contribution is 5.93. The number of pyridine rings is 1. The summed E-state index contributed by atoms with van der Waals surface area (Å²) in [6.07, 6.45) is 8.66. The topological polar surface area (TPSA) is 34.4 Å². The van der Waals surface area contributed by atoms with E-state index in [1.54, 1.807) is 0 Å². The molecule has 0 amide bonds. The first-order chi connectivity index (χ1) is 10.3. The summed E-state index contributed by atoms with van der Waals surface area (Å²) in [6, 6.07) is 10.3. The SMILES string of the molecule is O=c1nc2c3ccccc3ccn2c2c1CCCCCC2. The van der Waals surface area contributed by atoms with Gasteiger partial charge in [-0.25, -0.2) is 0 Å². The Labute approximate surface area is 123 Å². The first-order valence-electron chi connectivity index (χ1n) is 7.76. The van der Waals surface area contributed by atoms with Gasteiger partial charge in [-0.1, -0.05) is 37.1 Å². The highest BCUT2D eigenvalue weighted by Gasteiger charge is 2.15. The molecule has 0 saturated carbocycles. The van der Waals surface area contributed by atoms with Crippen molar-refractivity contribution in [1.29, 1.82) is 0 Å². The van der Waals surface area contributed by atoms with Crippen LogP contribution in [0, 0.1) is 0 Å². The fourth-order valence-electron chi connectivity index (χ4n) is 3.44. The number of aromatic nitrogens is 2. The van der Waals surface area contributed by atoms with Crippen LogP contribution >= 0.6 is 0 Å². The Morgan fingerprint density at radius 1 is 0.952 bits per heavy atom. The number of hydrogen-bond donors (Lipinski definition) is 0. The van der Waals surface area contributed by atoms with Gasteiger partial charge >= 0.3 is 0 Å². The van der Waals surface area contributed by atoms with Crippen LogP contribution < -0.4 is 5.56 Å². The van der Waals surface area contributed by atoms with Gasteiger partial charge in [-0.05, 0) is 37.1 Å². The molecule has 0 bridgehead atoms. The van der Waals surface area contributed by atoms with Crippen LogP contribution in [-0.4, -0.2) is 9.38 Å². The fourth-order valence-corrected chi connectivity index (χ4v) is 3.44. The first kappa shape index (κ1) is 12.6. The maximum absolute atomic E-state index is 12.5. The molecular weight excluding hydrogens is 260 g/mol. The molecule has 2 heterocycles. The first-order valence-corrected chi connectivity index (χ1v) is 7.76. The van der Waals surface area contributed by atoms with Crippen LogP contribution in [0.4, 0.5) is 0 Å². The highest BCUT2D eigenvalue weighted by Crippen LogP contribution is 2.22.